The third kappa shape index (κ3) is 12.9. The van der Waals surface area contributed by atoms with Crippen molar-refractivity contribution in [3.63, 3.8) is 0 Å². The second-order valence-corrected chi connectivity index (χ2v) is 16.8. The number of rotatable bonds is 20. The van der Waals surface area contributed by atoms with E-state index in [0.29, 0.717) is 33.6 Å². The molecular weight excluding hydrogens is 888 g/mol. The van der Waals surface area contributed by atoms with Crippen molar-refractivity contribution in [2.24, 2.45) is 5.92 Å². The number of aromatic nitrogens is 3. The number of imidazole rings is 1. The maximum atomic E-state index is 13.8. The van der Waals surface area contributed by atoms with Crippen molar-refractivity contribution in [3.05, 3.63) is 89.0 Å². The minimum absolute atomic E-state index is 0.0521. The number of fused-ring (bicyclic) bond motifs is 3. The number of nitrogens with one attached hydrogen (secondary N) is 3. The van der Waals surface area contributed by atoms with E-state index in [1.54, 1.807) is 58.9 Å². The Morgan fingerprint density at radius 2 is 1.46 bits per heavy atom. The van der Waals surface area contributed by atoms with E-state index >= 15 is 0 Å². The van der Waals surface area contributed by atoms with Gasteiger partial charge in [-0.15, -0.1) is 0 Å². The van der Waals surface area contributed by atoms with E-state index in [2.05, 4.69) is 25.7 Å². The van der Waals surface area contributed by atoms with Gasteiger partial charge in [-0.05, 0) is 70.2 Å². The number of carbonyl (C=O) groups excluding carboxylic acids is 5. The molecule has 0 bridgehead atoms. The number of hydrogen-bond donors (Lipinski definition) is 5. The van der Waals surface area contributed by atoms with Gasteiger partial charge in [0.1, 0.15) is 30.0 Å². The molecule has 0 radical (unpaired) electrons. The van der Waals surface area contributed by atoms with E-state index in [9.17, 15) is 51.0 Å². The first kappa shape index (κ1) is 51.1. The number of anilines is 2. The highest BCUT2D eigenvalue weighted by Crippen LogP contribution is 2.32. The average molecular weight is 941 g/mol. The van der Waals surface area contributed by atoms with E-state index < -0.39 is 88.7 Å². The van der Waals surface area contributed by atoms with Gasteiger partial charge in [-0.2, -0.15) is 8.78 Å². The monoisotopic (exact) mass is 940 g/mol. The lowest BCUT2D eigenvalue weighted by Crippen LogP contribution is -2.53. The third-order valence-electron chi connectivity index (χ3n) is 10.5. The molecule has 0 spiro atoms. The zero-order valence-electron chi connectivity index (χ0n) is 37.8. The van der Waals surface area contributed by atoms with Crippen molar-refractivity contribution in [2.75, 3.05) is 17.6 Å². The molecule has 0 unspecified atom stereocenters. The van der Waals surface area contributed by atoms with E-state index in [0.717, 1.165) is 5.39 Å². The summed E-state index contributed by atoms with van der Waals surface area (Å²) in [5, 5.41) is 19.5. The van der Waals surface area contributed by atoms with Crippen LogP contribution in [0.15, 0.2) is 48.5 Å². The van der Waals surface area contributed by atoms with Crippen LogP contribution in [-0.4, -0.2) is 78.6 Å². The summed E-state index contributed by atoms with van der Waals surface area (Å²) in [4.78, 5) is 75.0. The van der Waals surface area contributed by atoms with Crippen LogP contribution < -0.4 is 26.4 Å². The fourth-order valence-corrected chi connectivity index (χ4v) is 6.95. The van der Waals surface area contributed by atoms with Crippen molar-refractivity contribution in [3.8, 4) is 5.75 Å². The Balaban J connectivity index is 1.07. The molecule has 2 heterocycles. The van der Waals surface area contributed by atoms with Crippen LogP contribution in [0.25, 0.3) is 21.9 Å². The number of amides is 4. The molecule has 0 aliphatic carbocycles. The largest absolute Gasteiger partial charge is 0.445 e. The molecule has 6 N–H and O–H groups in total. The molecule has 16 nitrogen and oxygen atoms in total. The summed E-state index contributed by atoms with van der Waals surface area (Å²) in [7, 11) is 0. The van der Waals surface area contributed by atoms with Crippen molar-refractivity contribution in [2.45, 2.75) is 111 Å². The number of halogens is 5. The summed E-state index contributed by atoms with van der Waals surface area (Å²) >= 11 is 0. The lowest BCUT2D eigenvalue weighted by molar-refractivity contribution is -0.135. The van der Waals surface area contributed by atoms with E-state index in [4.69, 9.17) is 15.5 Å². The van der Waals surface area contributed by atoms with Crippen molar-refractivity contribution in [1.82, 2.24) is 30.1 Å². The van der Waals surface area contributed by atoms with Crippen molar-refractivity contribution in [1.29, 1.82) is 0 Å². The number of nitrogens with two attached hydrogens (primary N) is 1. The topological polar surface area (TPSA) is 220 Å². The Kier molecular flexibility index (Phi) is 16.8. The van der Waals surface area contributed by atoms with Crippen LogP contribution in [0.2, 0.25) is 0 Å². The second kappa shape index (κ2) is 22.1. The lowest BCUT2D eigenvalue weighted by atomic mass is 10.0. The first-order valence-corrected chi connectivity index (χ1v) is 21.5. The van der Waals surface area contributed by atoms with Gasteiger partial charge in [-0.3, -0.25) is 19.2 Å². The average Bonchev–Trinajstić information content (AvgIpc) is 3.63. The first-order valence-electron chi connectivity index (χ1n) is 21.5. The molecular formula is C46H53F5N8O8. The zero-order chi connectivity index (χ0) is 49.3. The number of aliphatic hydroxyl groups is 1. The SMILES string of the molecule is CCN(Cc1nc2c(N)nc3ccccc3c2n1CC(C)(C)O)C(=O)OCc1ccc(NC(=O)[C@H](C)NC(=O)[C@@H](NC(=O)CCCCCC(=O)Oc2c(F)c(F)c(F)c(F)c2F)C(C)C)cc1. The molecule has 4 amide bonds. The highest BCUT2D eigenvalue weighted by Gasteiger charge is 2.30. The third-order valence-corrected chi connectivity index (χ3v) is 10.5. The van der Waals surface area contributed by atoms with Crippen LogP contribution in [0.5, 0.6) is 5.75 Å². The molecule has 360 valence electrons. The van der Waals surface area contributed by atoms with Gasteiger partial charge >= 0.3 is 12.1 Å². The quantitative estimate of drug-likeness (QED) is 0.0135. The number of nitrogens with zero attached hydrogens (tertiary/aromatic N) is 4. The molecule has 0 saturated heterocycles. The van der Waals surface area contributed by atoms with Gasteiger partial charge in [0, 0.05) is 30.5 Å². The second-order valence-electron chi connectivity index (χ2n) is 16.8. The zero-order valence-corrected chi connectivity index (χ0v) is 37.8. The number of benzene rings is 3. The number of esters is 1. The number of nitrogen functional groups attached to an aromatic ring is 1. The molecule has 5 aromatic rings. The number of ether oxygens (including phenoxy) is 2. The van der Waals surface area contributed by atoms with Gasteiger partial charge in [0.2, 0.25) is 52.6 Å². The minimum Gasteiger partial charge on any atom is -0.445 e. The molecule has 2 atom stereocenters. The maximum Gasteiger partial charge on any atom is 0.410 e. The van der Waals surface area contributed by atoms with E-state index in [1.165, 1.54) is 11.8 Å². The summed E-state index contributed by atoms with van der Waals surface area (Å²) in [6, 6.07) is 11.9. The van der Waals surface area contributed by atoms with Gasteiger partial charge in [-0.1, -0.05) is 50.6 Å². The van der Waals surface area contributed by atoms with E-state index in [-0.39, 0.29) is 63.7 Å². The molecule has 3 aromatic carbocycles. The van der Waals surface area contributed by atoms with Crippen molar-refractivity contribution >= 4 is 63.2 Å². The van der Waals surface area contributed by atoms with Crippen LogP contribution in [0.3, 0.4) is 0 Å². The van der Waals surface area contributed by atoms with Crippen LogP contribution in [-0.2, 0) is 43.6 Å². The minimum atomic E-state index is -2.39. The van der Waals surface area contributed by atoms with Gasteiger partial charge in [0.25, 0.3) is 0 Å². The number of para-hydroxylation sites is 1. The maximum absolute atomic E-state index is 13.8. The fraction of sp³-hybridized carbons (Fsp3) is 0.413. The fourth-order valence-electron chi connectivity index (χ4n) is 6.95. The number of pyridine rings is 1. The van der Waals surface area contributed by atoms with Crippen LogP contribution in [0, 0.1) is 35.0 Å². The number of unbranched alkanes of at least 4 members (excludes halogenated alkanes) is 2. The smallest absolute Gasteiger partial charge is 0.410 e. The summed E-state index contributed by atoms with van der Waals surface area (Å²) in [5.41, 5.74) is 8.01. The summed E-state index contributed by atoms with van der Waals surface area (Å²) in [6.45, 7) is 10.4. The molecule has 0 aliphatic heterocycles. The standard InChI is InChI=1S/C46H53F5N8O8/c1-7-58(21-30-56-39-40(59(30)23-46(5,6)65)28-13-11-12-14-29(28)55-42(39)52)45(64)66-22-26-17-19-27(20-18-26)54-43(62)25(4)53-44(63)38(24(2)3)57-31(60)15-9-8-10-16-32(61)67-41-36(50)34(48)33(47)35(49)37(41)51/h11-14,17-20,24-25,38,65H,7-10,15-16,21-23H2,1-6H3,(H2,52,55)(H,53,63)(H,54,62)(H,57,60)/t25-,38-/m0/s1. The highest BCUT2D eigenvalue weighted by molar-refractivity contribution is 6.06. The molecule has 0 fully saturated rings. The van der Waals surface area contributed by atoms with Gasteiger partial charge in [0.05, 0.1) is 29.7 Å². The first-order chi connectivity index (χ1) is 31.6. The predicted octanol–water partition coefficient (Wildman–Crippen LogP) is 6.93. The molecule has 2 aromatic heterocycles. The van der Waals surface area contributed by atoms with Crippen LogP contribution in [0.4, 0.5) is 38.3 Å². The summed E-state index contributed by atoms with van der Waals surface area (Å²) < 4.78 is 79.5. The normalized spacial score (nSPS) is 12.5. The Hall–Kier alpha value is -6.90. The number of carbonyl (C=O) groups is 5. The highest BCUT2D eigenvalue weighted by atomic mass is 19.2. The Bertz CT molecular complexity index is 2610. The number of hydrogen-bond acceptors (Lipinski definition) is 11. The Morgan fingerprint density at radius 1 is 0.836 bits per heavy atom. The predicted molar refractivity (Wildman–Crippen MR) is 236 cm³/mol. The van der Waals surface area contributed by atoms with Gasteiger partial charge in [0.15, 0.2) is 5.82 Å². The molecule has 21 heteroatoms. The lowest BCUT2D eigenvalue weighted by Gasteiger charge is -2.24. The van der Waals surface area contributed by atoms with Crippen molar-refractivity contribution < 1.29 is 60.5 Å². The molecule has 67 heavy (non-hydrogen) atoms. The Labute approximate surface area is 382 Å². The van der Waals surface area contributed by atoms with Gasteiger partial charge in [-0.25, -0.2) is 27.9 Å². The van der Waals surface area contributed by atoms with Crippen LogP contribution in [0.1, 0.15) is 85.0 Å². The van der Waals surface area contributed by atoms with E-state index in [1.807, 2.05) is 28.8 Å². The Morgan fingerprint density at radius 3 is 2.09 bits per heavy atom. The molecule has 0 aliphatic rings. The van der Waals surface area contributed by atoms with Gasteiger partial charge < -0.3 is 45.7 Å². The van der Waals surface area contributed by atoms with Crippen LogP contribution >= 0.6 is 0 Å². The molecule has 5 rings (SSSR count). The molecule has 0 saturated carbocycles. The summed E-state index contributed by atoms with van der Waals surface area (Å²) in [5.74, 6) is -15.8. The summed E-state index contributed by atoms with van der Waals surface area (Å²) in [6.07, 6.45) is -0.620.